The number of nitrogens with zero attached hydrogens (tertiary/aromatic N) is 3. The van der Waals surface area contributed by atoms with E-state index in [0.29, 0.717) is 53.2 Å². The van der Waals surface area contributed by atoms with Gasteiger partial charge in [0, 0.05) is 37.5 Å². The summed E-state index contributed by atoms with van der Waals surface area (Å²) in [7, 11) is 3.04. The van der Waals surface area contributed by atoms with Gasteiger partial charge in [-0.25, -0.2) is 0 Å². The Kier molecular flexibility index (Phi) is 6.18. The predicted molar refractivity (Wildman–Crippen MR) is 100.0 cm³/mol. The van der Waals surface area contributed by atoms with Crippen molar-refractivity contribution in [1.82, 2.24) is 15.0 Å². The molecule has 1 aliphatic rings. The zero-order valence-corrected chi connectivity index (χ0v) is 16.2. The van der Waals surface area contributed by atoms with Crippen LogP contribution in [0.3, 0.4) is 0 Å². The molecule has 2 heterocycles. The molecular weight excluding hydrogens is 372 g/mol. The number of aryl methyl sites for hydroxylation is 1. The SMILES string of the molecule is COc1cc(-c2noc(CCC(=O)N3CCCC3CN)n2)cc(Cl)c1OC. The Hall–Kier alpha value is -2.32. The van der Waals surface area contributed by atoms with E-state index in [-0.39, 0.29) is 11.9 Å². The topological polar surface area (TPSA) is 104 Å². The van der Waals surface area contributed by atoms with E-state index in [1.54, 1.807) is 12.1 Å². The van der Waals surface area contributed by atoms with Crippen molar-refractivity contribution in [2.24, 2.45) is 5.73 Å². The van der Waals surface area contributed by atoms with Crippen LogP contribution in [-0.2, 0) is 11.2 Å². The third kappa shape index (κ3) is 4.17. The fourth-order valence-corrected chi connectivity index (χ4v) is 3.58. The van der Waals surface area contributed by atoms with Gasteiger partial charge in [0.15, 0.2) is 11.5 Å². The smallest absolute Gasteiger partial charge is 0.227 e. The van der Waals surface area contributed by atoms with Crippen molar-refractivity contribution >= 4 is 17.5 Å². The third-order valence-corrected chi connectivity index (χ3v) is 4.96. The summed E-state index contributed by atoms with van der Waals surface area (Å²) in [5.74, 6) is 1.76. The van der Waals surface area contributed by atoms with Gasteiger partial charge in [-0.15, -0.1) is 0 Å². The standard InChI is InChI=1S/C18H23ClN4O4/c1-25-14-9-11(8-13(19)17(14)26-2)18-21-15(27-22-18)5-6-16(24)23-7-3-4-12(23)10-20/h8-9,12H,3-7,10,20H2,1-2H3. The Morgan fingerprint density at radius 1 is 1.41 bits per heavy atom. The molecule has 1 aliphatic heterocycles. The minimum Gasteiger partial charge on any atom is -0.493 e. The monoisotopic (exact) mass is 394 g/mol. The summed E-state index contributed by atoms with van der Waals surface area (Å²) in [4.78, 5) is 18.6. The van der Waals surface area contributed by atoms with Gasteiger partial charge < -0.3 is 24.6 Å². The quantitative estimate of drug-likeness (QED) is 0.768. The summed E-state index contributed by atoms with van der Waals surface area (Å²) in [5.41, 5.74) is 6.37. The fraction of sp³-hybridized carbons (Fsp3) is 0.500. The molecular formula is C18H23ClN4O4. The number of hydrogen-bond donors (Lipinski definition) is 1. The van der Waals surface area contributed by atoms with Crippen molar-refractivity contribution in [3.63, 3.8) is 0 Å². The molecule has 8 nitrogen and oxygen atoms in total. The Bertz CT molecular complexity index is 811. The van der Waals surface area contributed by atoms with Crippen molar-refractivity contribution in [3.8, 4) is 22.9 Å². The van der Waals surface area contributed by atoms with Crippen molar-refractivity contribution in [1.29, 1.82) is 0 Å². The van der Waals surface area contributed by atoms with Crippen LogP contribution in [0.1, 0.15) is 25.2 Å². The summed E-state index contributed by atoms with van der Waals surface area (Å²) in [6, 6.07) is 3.55. The van der Waals surface area contributed by atoms with E-state index in [1.165, 1.54) is 14.2 Å². The van der Waals surface area contributed by atoms with Crippen LogP contribution in [0.5, 0.6) is 11.5 Å². The average molecular weight is 395 g/mol. The van der Waals surface area contributed by atoms with Crippen LogP contribution in [-0.4, -0.2) is 54.3 Å². The molecule has 9 heteroatoms. The summed E-state index contributed by atoms with van der Waals surface area (Å²) in [6.45, 7) is 1.26. The highest BCUT2D eigenvalue weighted by atomic mass is 35.5. The van der Waals surface area contributed by atoms with Gasteiger partial charge in [0.25, 0.3) is 0 Å². The molecule has 1 saturated heterocycles. The molecule has 3 rings (SSSR count). The summed E-state index contributed by atoms with van der Waals surface area (Å²) >= 11 is 6.22. The molecule has 0 aliphatic carbocycles. The summed E-state index contributed by atoms with van der Waals surface area (Å²) in [5, 5.41) is 4.36. The lowest BCUT2D eigenvalue weighted by atomic mass is 10.2. The first-order chi connectivity index (χ1) is 13.1. The molecule has 2 N–H and O–H groups in total. The lowest BCUT2D eigenvalue weighted by molar-refractivity contribution is -0.131. The van der Waals surface area contributed by atoms with Crippen LogP contribution in [0, 0.1) is 0 Å². The molecule has 27 heavy (non-hydrogen) atoms. The number of amides is 1. The number of carbonyl (C=O) groups is 1. The van der Waals surface area contributed by atoms with Crippen molar-refractivity contribution < 1.29 is 18.8 Å². The number of methoxy groups -OCH3 is 2. The average Bonchev–Trinajstić information content (AvgIpc) is 3.34. The van der Waals surface area contributed by atoms with Crippen molar-refractivity contribution in [3.05, 3.63) is 23.0 Å². The first-order valence-electron chi connectivity index (χ1n) is 8.81. The van der Waals surface area contributed by atoms with E-state index >= 15 is 0 Å². The molecule has 146 valence electrons. The lowest BCUT2D eigenvalue weighted by Gasteiger charge is -2.23. The van der Waals surface area contributed by atoms with Gasteiger partial charge in [-0.3, -0.25) is 4.79 Å². The van der Waals surface area contributed by atoms with Crippen LogP contribution in [0.15, 0.2) is 16.7 Å². The highest BCUT2D eigenvalue weighted by Crippen LogP contribution is 2.38. The van der Waals surface area contributed by atoms with Gasteiger partial charge in [-0.2, -0.15) is 4.98 Å². The van der Waals surface area contributed by atoms with Crippen LogP contribution in [0.25, 0.3) is 11.4 Å². The van der Waals surface area contributed by atoms with Gasteiger partial charge in [-0.05, 0) is 25.0 Å². The first-order valence-corrected chi connectivity index (χ1v) is 9.19. The molecule has 0 spiro atoms. The number of halogens is 1. The van der Waals surface area contributed by atoms with Crippen molar-refractivity contribution in [2.45, 2.75) is 31.7 Å². The van der Waals surface area contributed by atoms with E-state index < -0.39 is 0 Å². The summed E-state index contributed by atoms with van der Waals surface area (Å²) in [6.07, 6.45) is 2.65. The minimum absolute atomic E-state index is 0.0665. The van der Waals surface area contributed by atoms with Crippen LogP contribution in [0.4, 0.5) is 0 Å². The van der Waals surface area contributed by atoms with Crippen LogP contribution < -0.4 is 15.2 Å². The number of benzene rings is 1. The number of likely N-dealkylation sites (tertiary alicyclic amines) is 1. The zero-order valence-electron chi connectivity index (χ0n) is 15.4. The maximum atomic E-state index is 12.4. The minimum atomic E-state index is 0.0665. The molecule has 2 aromatic rings. The highest BCUT2D eigenvalue weighted by molar-refractivity contribution is 6.32. The number of ether oxygens (including phenoxy) is 2. The maximum absolute atomic E-state index is 12.4. The molecule has 0 saturated carbocycles. The largest absolute Gasteiger partial charge is 0.493 e. The second-order valence-corrected chi connectivity index (χ2v) is 6.73. The molecule has 1 aromatic heterocycles. The third-order valence-electron chi connectivity index (χ3n) is 4.68. The fourth-order valence-electron chi connectivity index (χ4n) is 3.29. The molecule has 1 aromatic carbocycles. The number of rotatable bonds is 7. The van der Waals surface area contributed by atoms with Crippen molar-refractivity contribution in [2.75, 3.05) is 27.3 Å². The second-order valence-electron chi connectivity index (χ2n) is 6.32. The normalized spacial score (nSPS) is 16.6. The number of hydrogen-bond acceptors (Lipinski definition) is 7. The van der Waals surface area contributed by atoms with E-state index in [4.69, 9.17) is 31.3 Å². The number of aromatic nitrogens is 2. The Balaban J connectivity index is 1.68. The molecule has 1 amide bonds. The first kappa shape index (κ1) is 19.4. The van der Waals surface area contributed by atoms with E-state index in [9.17, 15) is 4.79 Å². The summed E-state index contributed by atoms with van der Waals surface area (Å²) < 4.78 is 15.8. The highest BCUT2D eigenvalue weighted by Gasteiger charge is 2.27. The lowest BCUT2D eigenvalue weighted by Crippen LogP contribution is -2.40. The van der Waals surface area contributed by atoms with Crippen LogP contribution >= 0.6 is 11.6 Å². The Labute approximate surface area is 162 Å². The van der Waals surface area contributed by atoms with E-state index in [2.05, 4.69) is 10.1 Å². The molecule has 1 fully saturated rings. The maximum Gasteiger partial charge on any atom is 0.227 e. The van der Waals surface area contributed by atoms with Crippen LogP contribution in [0.2, 0.25) is 5.02 Å². The molecule has 0 radical (unpaired) electrons. The van der Waals surface area contributed by atoms with Gasteiger partial charge >= 0.3 is 0 Å². The van der Waals surface area contributed by atoms with E-state index in [1.807, 2.05) is 4.90 Å². The molecule has 1 atom stereocenters. The van der Waals surface area contributed by atoms with E-state index in [0.717, 1.165) is 19.4 Å². The molecule has 1 unspecified atom stereocenters. The number of carbonyl (C=O) groups excluding carboxylic acids is 1. The number of nitrogens with two attached hydrogens (primary N) is 1. The van der Waals surface area contributed by atoms with Gasteiger partial charge in [0.2, 0.25) is 17.6 Å². The van der Waals surface area contributed by atoms with Gasteiger partial charge in [0.05, 0.1) is 19.2 Å². The Morgan fingerprint density at radius 2 is 2.22 bits per heavy atom. The van der Waals surface area contributed by atoms with Gasteiger partial charge in [0.1, 0.15) is 0 Å². The Morgan fingerprint density at radius 3 is 2.93 bits per heavy atom. The molecule has 0 bridgehead atoms. The zero-order chi connectivity index (χ0) is 19.4. The predicted octanol–water partition coefficient (Wildman–Crippen LogP) is 2.29. The van der Waals surface area contributed by atoms with Gasteiger partial charge in [-0.1, -0.05) is 16.8 Å². The second kappa shape index (κ2) is 8.58.